The third-order valence-corrected chi connectivity index (χ3v) is 6.51. The molecule has 2 atom stereocenters. The maximum absolute atomic E-state index is 13.6. The van der Waals surface area contributed by atoms with E-state index in [0.717, 1.165) is 10.9 Å². The van der Waals surface area contributed by atoms with E-state index in [1.54, 1.807) is 65.3 Å². The molecular formula is C29H23ClFN3O3. The van der Waals surface area contributed by atoms with Crippen LogP contribution < -0.4 is 5.32 Å². The average Bonchev–Trinajstić information content (AvgIpc) is 3.31. The van der Waals surface area contributed by atoms with Gasteiger partial charge in [0.1, 0.15) is 17.6 Å². The van der Waals surface area contributed by atoms with Crippen LogP contribution in [0.3, 0.4) is 0 Å². The first-order valence-corrected chi connectivity index (χ1v) is 12.0. The first-order valence-electron chi connectivity index (χ1n) is 11.6. The number of fused-ring (bicyclic) bond motifs is 1. The molecular weight excluding hydrogens is 493 g/mol. The highest BCUT2D eigenvalue weighted by Gasteiger charge is 2.24. The smallest absolute Gasteiger partial charge is 0.251 e. The topological polar surface area (TPSA) is 87.4 Å². The van der Waals surface area contributed by atoms with Crippen LogP contribution in [0.4, 0.5) is 4.39 Å². The van der Waals surface area contributed by atoms with Gasteiger partial charge in [0.25, 0.3) is 5.91 Å². The molecule has 0 aliphatic heterocycles. The molecule has 0 radical (unpaired) electrons. The summed E-state index contributed by atoms with van der Waals surface area (Å²) in [6.45, 7) is -0.450. The van der Waals surface area contributed by atoms with E-state index in [2.05, 4.69) is 5.32 Å². The van der Waals surface area contributed by atoms with Crippen molar-refractivity contribution in [3.8, 4) is 16.9 Å². The number of nitrogens with one attached hydrogen (secondary N) is 1. The molecule has 0 saturated carbocycles. The third kappa shape index (κ3) is 4.97. The fourth-order valence-electron chi connectivity index (χ4n) is 4.25. The van der Waals surface area contributed by atoms with Crippen LogP contribution in [0.25, 0.3) is 27.8 Å². The van der Waals surface area contributed by atoms with Crippen molar-refractivity contribution in [2.45, 2.75) is 12.1 Å². The molecule has 5 rings (SSSR count). The van der Waals surface area contributed by atoms with Crippen molar-refractivity contribution in [1.82, 2.24) is 15.1 Å². The molecule has 0 aliphatic carbocycles. The average molecular weight is 516 g/mol. The van der Waals surface area contributed by atoms with E-state index < -0.39 is 24.7 Å². The monoisotopic (exact) mass is 515 g/mol. The Morgan fingerprint density at radius 3 is 2.38 bits per heavy atom. The molecule has 0 spiro atoms. The van der Waals surface area contributed by atoms with E-state index in [9.17, 15) is 19.4 Å². The summed E-state index contributed by atoms with van der Waals surface area (Å²) in [5, 5.41) is 29.3. The number of hydrogen-bond acceptors (Lipinski definition) is 4. The maximum atomic E-state index is 13.6. The Labute approximate surface area is 217 Å². The van der Waals surface area contributed by atoms with Crippen molar-refractivity contribution in [3.05, 3.63) is 119 Å². The molecule has 4 aromatic carbocycles. The molecule has 1 amide bonds. The van der Waals surface area contributed by atoms with Gasteiger partial charge >= 0.3 is 0 Å². The van der Waals surface area contributed by atoms with Crippen LogP contribution in [-0.2, 0) is 0 Å². The lowest BCUT2D eigenvalue weighted by atomic mass is 10.0. The summed E-state index contributed by atoms with van der Waals surface area (Å²) in [6.07, 6.45) is -1.09. The maximum Gasteiger partial charge on any atom is 0.251 e. The Balaban J connectivity index is 1.55. The largest absolute Gasteiger partial charge is 0.394 e. The van der Waals surface area contributed by atoms with Gasteiger partial charge in [-0.3, -0.25) is 4.79 Å². The number of aromatic nitrogens is 2. The van der Waals surface area contributed by atoms with Gasteiger partial charge in [0, 0.05) is 16.5 Å². The summed E-state index contributed by atoms with van der Waals surface area (Å²) in [7, 11) is 0. The molecule has 1 aromatic heterocycles. The Hall–Kier alpha value is -4.04. The molecule has 37 heavy (non-hydrogen) atoms. The summed E-state index contributed by atoms with van der Waals surface area (Å²) >= 11 is 6.46. The second-order valence-electron chi connectivity index (χ2n) is 8.57. The Morgan fingerprint density at radius 1 is 0.973 bits per heavy atom. The second-order valence-corrected chi connectivity index (χ2v) is 8.97. The highest BCUT2D eigenvalue weighted by molar-refractivity contribution is 6.33. The van der Waals surface area contributed by atoms with Crippen molar-refractivity contribution in [2.24, 2.45) is 0 Å². The fraction of sp³-hybridized carbons (Fsp3) is 0.103. The number of nitrogens with zero attached hydrogens (tertiary/aromatic N) is 2. The van der Waals surface area contributed by atoms with Gasteiger partial charge in [-0.2, -0.15) is 5.10 Å². The first kappa shape index (κ1) is 24.6. The predicted molar refractivity (Wildman–Crippen MR) is 141 cm³/mol. The number of benzene rings is 4. The summed E-state index contributed by atoms with van der Waals surface area (Å²) in [5.74, 6) is -0.847. The molecule has 0 saturated heterocycles. The molecule has 3 N–H and O–H groups in total. The Morgan fingerprint density at radius 2 is 1.68 bits per heavy atom. The van der Waals surface area contributed by atoms with Crippen LogP contribution in [0.1, 0.15) is 22.0 Å². The van der Waals surface area contributed by atoms with Gasteiger partial charge < -0.3 is 15.5 Å². The van der Waals surface area contributed by atoms with Crippen molar-refractivity contribution < 1.29 is 19.4 Å². The van der Waals surface area contributed by atoms with Crippen LogP contribution in [0, 0.1) is 5.82 Å². The van der Waals surface area contributed by atoms with E-state index in [0.29, 0.717) is 33.0 Å². The first-order chi connectivity index (χ1) is 18.0. The number of halogens is 2. The van der Waals surface area contributed by atoms with E-state index in [4.69, 9.17) is 16.7 Å². The van der Waals surface area contributed by atoms with Gasteiger partial charge in [0.2, 0.25) is 0 Å². The van der Waals surface area contributed by atoms with Crippen molar-refractivity contribution in [2.75, 3.05) is 6.61 Å². The van der Waals surface area contributed by atoms with Crippen LogP contribution >= 0.6 is 11.6 Å². The van der Waals surface area contributed by atoms with Gasteiger partial charge in [-0.15, -0.1) is 0 Å². The Bertz CT molecular complexity index is 1550. The lowest BCUT2D eigenvalue weighted by Gasteiger charge is -2.22. The number of rotatable bonds is 7. The van der Waals surface area contributed by atoms with E-state index in [-0.39, 0.29) is 5.82 Å². The van der Waals surface area contributed by atoms with E-state index >= 15 is 0 Å². The molecule has 0 fully saturated rings. The minimum atomic E-state index is -1.09. The molecule has 0 bridgehead atoms. The molecule has 6 nitrogen and oxygen atoms in total. The van der Waals surface area contributed by atoms with Crippen molar-refractivity contribution in [1.29, 1.82) is 0 Å². The number of amides is 1. The Kier molecular flexibility index (Phi) is 7.01. The summed E-state index contributed by atoms with van der Waals surface area (Å²) in [6, 6.07) is 26.2. The fourth-order valence-corrected chi connectivity index (χ4v) is 4.47. The molecule has 186 valence electrons. The van der Waals surface area contributed by atoms with Crippen LogP contribution in [0.2, 0.25) is 5.02 Å². The number of carbonyl (C=O) groups excluding carboxylic acids is 1. The lowest BCUT2D eigenvalue weighted by molar-refractivity contribution is 0.0703. The van der Waals surface area contributed by atoms with Gasteiger partial charge in [-0.1, -0.05) is 60.1 Å². The third-order valence-electron chi connectivity index (χ3n) is 6.18. The summed E-state index contributed by atoms with van der Waals surface area (Å²) in [4.78, 5) is 13.2. The lowest BCUT2D eigenvalue weighted by Crippen LogP contribution is -2.41. The summed E-state index contributed by atoms with van der Waals surface area (Å²) < 4.78 is 15.2. The molecule has 5 aromatic rings. The van der Waals surface area contributed by atoms with Crippen molar-refractivity contribution >= 4 is 28.4 Å². The highest BCUT2D eigenvalue weighted by atomic mass is 35.5. The molecule has 8 heteroatoms. The quantitative estimate of drug-likeness (QED) is 0.274. The van der Waals surface area contributed by atoms with Crippen LogP contribution in [-0.4, -0.2) is 38.5 Å². The number of aliphatic hydroxyl groups excluding tert-OH is 2. The van der Waals surface area contributed by atoms with E-state index in [1.165, 1.54) is 12.1 Å². The zero-order valence-electron chi connectivity index (χ0n) is 19.6. The predicted octanol–water partition coefficient (Wildman–Crippen LogP) is 5.31. The highest BCUT2D eigenvalue weighted by Crippen LogP contribution is 2.34. The number of hydrogen-bond donors (Lipinski definition) is 3. The molecule has 2 unspecified atom stereocenters. The zero-order valence-corrected chi connectivity index (χ0v) is 20.3. The number of carbonyl (C=O) groups is 1. The standard InChI is InChI=1S/C29H23ClFN3O3/c30-24-9-5-4-8-22(24)27-23-15-10-19(16-26(23)34(33-27)21-13-11-20(31)12-14-21)29(37)32-25(17-35)28(36)18-6-2-1-3-7-18/h1-16,25,28,35-36H,17H2,(H,32,37). The van der Waals surface area contributed by atoms with Gasteiger partial charge in [0.15, 0.2) is 0 Å². The normalized spacial score (nSPS) is 12.9. The zero-order chi connectivity index (χ0) is 25.9. The van der Waals surface area contributed by atoms with Crippen LogP contribution in [0.5, 0.6) is 0 Å². The minimum absolute atomic E-state index is 0.306. The molecule has 0 aliphatic rings. The SMILES string of the molecule is O=C(NC(CO)C(O)c1ccccc1)c1ccc2c(-c3ccccc3Cl)nn(-c3ccc(F)cc3)c2c1. The molecule has 1 heterocycles. The summed E-state index contributed by atoms with van der Waals surface area (Å²) in [5.41, 5.74) is 3.44. The van der Waals surface area contributed by atoms with Gasteiger partial charge in [-0.25, -0.2) is 9.07 Å². The van der Waals surface area contributed by atoms with Gasteiger partial charge in [0.05, 0.1) is 28.9 Å². The van der Waals surface area contributed by atoms with E-state index in [1.807, 2.05) is 24.3 Å². The van der Waals surface area contributed by atoms with Gasteiger partial charge in [-0.05, 0) is 54.1 Å². The van der Waals surface area contributed by atoms with Crippen molar-refractivity contribution in [3.63, 3.8) is 0 Å². The number of aliphatic hydroxyl groups is 2. The minimum Gasteiger partial charge on any atom is -0.394 e. The second kappa shape index (κ2) is 10.5. The van der Waals surface area contributed by atoms with Crippen LogP contribution in [0.15, 0.2) is 97.1 Å².